The zero-order chi connectivity index (χ0) is 38.2. The number of esters is 2. The standard InChI is InChI=1S/C43H69O8P/c1-3-5-7-9-11-13-15-17-19-20-21-22-24-25-27-29-31-33-35-37-42(44)49-39-41(40-50-52(46,47)48)51-43(45)38-36-34-32-30-28-26-23-18-16-14-12-10-8-6-4-2/h5,7,11-14,17-19,21-23,25,27-28,30,41H,3-4,6,8-10,15-16,20,24,26,29,31-40H2,1-2H3,(H2,46,47,48)/b7-5+,13-11+,14-12+,19-17+,22-21+,23-18+,27-25+,30-28+/t41-/m1/s1. The summed E-state index contributed by atoms with van der Waals surface area (Å²) in [6.07, 6.45) is 51.3. The minimum Gasteiger partial charge on any atom is -0.462 e. The Morgan fingerprint density at radius 1 is 0.519 bits per heavy atom. The van der Waals surface area contributed by atoms with Crippen molar-refractivity contribution in [2.24, 2.45) is 0 Å². The van der Waals surface area contributed by atoms with Gasteiger partial charge in [0.15, 0.2) is 6.10 Å². The molecule has 0 saturated heterocycles. The van der Waals surface area contributed by atoms with Crippen LogP contribution in [-0.4, -0.2) is 41.0 Å². The number of ether oxygens (including phenoxy) is 2. The van der Waals surface area contributed by atoms with Crippen LogP contribution in [-0.2, 0) is 28.2 Å². The van der Waals surface area contributed by atoms with Gasteiger partial charge in [0, 0.05) is 12.8 Å². The molecule has 0 aromatic rings. The molecule has 1 atom stereocenters. The van der Waals surface area contributed by atoms with E-state index in [4.69, 9.17) is 19.3 Å². The van der Waals surface area contributed by atoms with Gasteiger partial charge in [-0.05, 0) is 96.3 Å². The summed E-state index contributed by atoms with van der Waals surface area (Å²) in [7, 11) is -4.78. The highest BCUT2D eigenvalue weighted by molar-refractivity contribution is 7.46. The summed E-state index contributed by atoms with van der Waals surface area (Å²) < 4.78 is 26.3. The van der Waals surface area contributed by atoms with Gasteiger partial charge in [-0.15, -0.1) is 0 Å². The molecule has 0 fully saturated rings. The van der Waals surface area contributed by atoms with Crippen molar-refractivity contribution in [1.29, 1.82) is 0 Å². The number of rotatable bonds is 34. The summed E-state index contributed by atoms with van der Waals surface area (Å²) in [5, 5.41) is 0. The van der Waals surface area contributed by atoms with Crippen molar-refractivity contribution in [3.05, 3.63) is 97.2 Å². The summed E-state index contributed by atoms with van der Waals surface area (Å²) >= 11 is 0. The third-order valence-corrected chi connectivity index (χ3v) is 8.07. The van der Waals surface area contributed by atoms with Crippen LogP contribution in [0.4, 0.5) is 0 Å². The smallest absolute Gasteiger partial charge is 0.462 e. The molecule has 8 nitrogen and oxygen atoms in total. The quantitative estimate of drug-likeness (QED) is 0.0289. The lowest BCUT2D eigenvalue weighted by Crippen LogP contribution is -2.29. The topological polar surface area (TPSA) is 119 Å². The molecule has 0 rings (SSSR count). The minimum atomic E-state index is -4.78. The first-order chi connectivity index (χ1) is 25.3. The molecule has 52 heavy (non-hydrogen) atoms. The lowest BCUT2D eigenvalue weighted by Gasteiger charge is -2.18. The van der Waals surface area contributed by atoms with Gasteiger partial charge in [-0.3, -0.25) is 14.1 Å². The van der Waals surface area contributed by atoms with Crippen molar-refractivity contribution in [3.63, 3.8) is 0 Å². The molecule has 2 N–H and O–H groups in total. The molecular formula is C43H69O8P. The summed E-state index contributed by atoms with van der Waals surface area (Å²) in [4.78, 5) is 42.7. The normalized spacial score (nSPS) is 13.5. The second-order valence-electron chi connectivity index (χ2n) is 12.5. The lowest BCUT2D eigenvalue weighted by atomic mass is 10.1. The maximum absolute atomic E-state index is 12.4. The zero-order valence-corrected chi connectivity index (χ0v) is 33.1. The molecule has 0 aromatic carbocycles. The minimum absolute atomic E-state index is 0.149. The Hall–Kier alpha value is -3.03. The Morgan fingerprint density at radius 2 is 0.923 bits per heavy atom. The summed E-state index contributed by atoms with van der Waals surface area (Å²) in [6, 6.07) is 0. The van der Waals surface area contributed by atoms with Crippen molar-refractivity contribution in [2.75, 3.05) is 13.2 Å². The maximum atomic E-state index is 12.4. The van der Waals surface area contributed by atoms with Gasteiger partial charge in [-0.1, -0.05) is 130 Å². The zero-order valence-electron chi connectivity index (χ0n) is 32.2. The highest BCUT2D eigenvalue weighted by Gasteiger charge is 2.22. The maximum Gasteiger partial charge on any atom is 0.469 e. The van der Waals surface area contributed by atoms with Crippen molar-refractivity contribution >= 4 is 19.8 Å². The first-order valence-electron chi connectivity index (χ1n) is 19.5. The number of carbonyl (C=O) groups is 2. The number of hydrogen-bond acceptors (Lipinski definition) is 6. The van der Waals surface area contributed by atoms with E-state index in [0.29, 0.717) is 12.8 Å². The molecule has 0 amide bonds. The fourth-order valence-electron chi connectivity index (χ4n) is 4.70. The van der Waals surface area contributed by atoms with Crippen LogP contribution in [0.15, 0.2) is 97.2 Å². The van der Waals surface area contributed by atoms with Crippen LogP contribution < -0.4 is 0 Å². The van der Waals surface area contributed by atoms with Gasteiger partial charge in [0.2, 0.25) is 0 Å². The average Bonchev–Trinajstić information content (AvgIpc) is 3.11. The SMILES string of the molecule is CC/C=C/C/C=C/C/C=C/C/C=C/C/C=C/CCCCCC(=O)OC[C@H](COP(=O)(O)O)OC(=O)CCCC/C=C/C/C=C/C/C=C/CCCCC. The molecule has 0 aliphatic carbocycles. The number of phosphoric acid groups is 1. The van der Waals surface area contributed by atoms with E-state index in [1.807, 2.05) is 0 Å². The second-order valence-corrected chi connectivity index (χ2v) is 13.8. The van der Waals surface area contributed by atoms with E-state index in [1.165, 1.54) is 19.3 Å². The molecule has 0 radical (unpaired) electrons. The molecule has 0 unspecified atom stereocenters. The predicted molar refractivity (Wildman–Crippen MR) is 216 cm³/mol. The van der Waals surface area contributed by atoms with Crippen LogP contribution in [0.2, 0.25) is 0 Å². The van der Waals surface area contributed by atoms with Gasteiger partial charge in [0.1, 0.15) is 6.61 Å². The van der Waals surface area contributed by atoms with E-state index in [2.05, 4.69) is 116 Å². The van der Waals surface area contributed by atoms with Gasteiger partial charge < -0.3 is 19.3 Å². The highest BCUT2D eigenvalue weighted by Crippen LogP contribution is 2.35. The Bertz CT molecular complexity index is 1160. The number of carbonyl (C=O) groups excluding carboxylic acids is 2. The van der Waals surface area contributed by atoms with Crippen LogP contribution in [0, 0.1) is 0 Å². The molecule has 0 heterocycles. The largest absolute Gasteiger partial charge is 0.469 e. The number of allylic oxidation sites excluding steroid dienone is 16. The second kappa shape index (κ2) is 37.7. The van der Waals surface area contributed by atoms with Crippen molar-refractivity contribution in [2.45, 2.75) is 148 Å². The molecule has 0 saturated carbocycles. The van der Waals surface area contributed by atoms with Gasteiger partial charge in [-0.25, -0.2) is 4.57 Å². The van der Waals surface area contributed by atoms with Crippen molar-refractivity contribution in [1.82, 2.24) is 0 Å². The van der Waals surface area contributed by atoms with Gasteiger partial charge >= 0.3 is 19.8 Å². The first kappa shape index (κ1) is 49.0. The first-order valence-corrected chi connectivity index (χ1v) is 21.1. The van der Waals surface area contributed by atoms with Gasteiger partial charge in [0.25, 0.3) is 0 Å². The molecule has 0 aromatic heterocycles. The summed E-state index contributed by atoms with van der Waals surface area (Å²) in [5.74, 6) is -0.979. The van der Waals surface area contributed by atoms with E-state index < -0.39 is 32.5 Å². The van der Waals surface area contributed by atoms with E-state index in [1.54, 1.807) is 0 Å². The van der Waals surface area contributed by atoms with Gasteiger partial charge in [-0.2, -0.15) is 0 Å². The number of phosphoric ester groups is 1. The molecular weight excluding hydrogens is 675 g/mol. The Balaban J connectivity index is 4.11. The Labute approximate surface area is 315 Å². The van der Waals surface area contributed by atoms with E-state index in [0.717, 1.165) is 83.5 Å². The fraction of sp³-hybridized carbons (Fsp3) is 0.581. The van der Waals surface area contributed by atoms with Crippen LogP contribution >= 0.6 is 7.82 Å². The van der Waals surface area contributed by atoms with Crippen molar-refractivity contribution < 1.29 is 37.9 Å². The predicted octanol–water partition coefficient (Wildman–Crippen LogP) is 11.8. The molecule has 294 valence electrons. The van der Waals surface area contributed by atoms with Crippen LogP contribution in [0.3, 0.4) is 0 Å². The highest BCUT2D eigenvalue weighted by atomic mass is 31.2. The summed E-state index contributed by atoms with van der Waals surface area (Å²) in [5.41, 5.74) is 0. The molecule has 0 aliphatic rings. The molecule has 0 spiro atoms. The van der Waals surface area contributed by atoms with E-state index >= 15 is 0 Å². The fourth-order valence-corrected chi connectivity index (χ4v) is 5.06. The number of unbranched alkanes of at least 4 members (excludes halogenated alkanes) is 8. The average molecular weight is 745 g/mol. The Kier molecular flexibility index (Phi) is 35.5. The van der Waals surface area contributed by atoms with Crippen LogP contribution in [0.5, 0.6) is 0 Å². The third-order valence-electron chi connectivity index (χ3n) is 7.59. The number of hydrogen-bond donors (Lipinski definition) is 2. The van der Waals surface area contributed by atoms with Gasteiger partial charge in [0.05, 0.1) is 6.61 Å². The van der Waals surface area contributed by atoms with Crippen molar-refractivity contribution in [3.8, 4) is 0 Å². The monoisotopic (exact) mass is 744 g/mol. The third kappa shape index (κ3) is 39.8. The van der Waals surface area contributed by atoms with Crippen LogP contribution in [0.25, 0.3) is 0 Å². The molecule has 0 bridgehead atoms. The summed E-state index contributed by atoms with van der Waals surface area (Å²) in [6.45, 7) is 3.46. The molecule has 9 heteroatoms. The molecule has 0 aliphatic heterocycles. The lowest BCUT2D eigenvalue weighted by molar-refractivity contribution is -0.161. The van der Waals surface area contributed by atoms with E-state index in [-0.39, 0.29) is 19.4 Å². The van der Waals surface area contributed by atoms with E-state index in [9.17, 15) is 14.2 Å². The van der Waals surface area contributed by atoms with Crippen LogP contribution in [0.1, 0.15) is 142 Å². The Morgan fingerprint density at radius 3 is 1.38 bits per heavy atom.